The van der Waals surface area contributed by atoms with E-state index in [-0.39, 0.29) is 17.8 Å². The zero-order valence-corrected chi connectivity index (χ0v) is 9.52. The molecular weight excluding hydrogens is 163 g/mol. The van der Waals surface area contributed by atoms with Crippen LogP contribution in [0.25, 0.3) is 0 Å². The summed E-state index contributed by atoms with van der Waals surface area (Å²) < 4.78 is 11.5. The Kier molecular flexibility index (Phi) is 3.08. The molecule has 1 aliphatic heterocycles. The third-order valence-electron chi connectivity index (χ3n) is 2.80. The van der Waals surface area contributed by atoms with Crippen molar-refractivity contribution >= 4 is 7.12 Å². The molecule has 0 unspecified atom stereocenters. The molecule has 0 N–H and O–H groups in total. The predicted octanol–water partition coefficient (Wildman–Crippen LogP) is 2.74. The molecule has 0 radical (unpaired) electrons. The van der Waals surface area contributed by atoms with Crippen molar-refractivity contribution in [1.29, 1.82) is 0 Å². The van der Waals surface area contributed by atoms with E-state index >= 15 is 0 Å². The molecule has 0 aromatic carbocycles. The van der Waals surface area contributed by atoms with Crippen molar-refractivity contribution in [3.05, 3.63) is 0 Å². The number of hydrogen-bond donors (Lipinski definition) is 0. The normalized spacial score (nSPS) is 23.3. The van der Waals surface area contributed by atoms with Crippen LogP contribution in [-0.2, 0) is 9.31 Å². The van der Waals surface area contributed by atoms with Gasteiger partial charge in [-0.25, -0.2) is 0 Å². The monoisotopic (exact) mass is 184 g/mol. The van der Waals surface area contributed by atoms with Crippen LogP contribution in [0.1, 0.15) is 41.0 Å². The summed E-state index contributed by atoms with van der Waals surface area (Å²) in [6, 6.07) is 0. The van der Waals surface area contributed by atoms with Gasteiger partial charge in [-0.15, -0.1) is 0 Å². The maximum Gasteiger partial charge on any atom is 0.462 e. The quantitative estimate of drug-likeness (QED) is 0.614. The predicted molar refractivity (Wildman–Crippen MR) is 55.8 cm³/mol. The molecule has 0 saturated carbocycles. The fourth-order valence-corrected chi connectivity index (χ4v) is 1.31. The second kappa shape index (κ2) is 3.62. The van der Waals surface area contributed by atoms with Gasteiger partial charge in [-0.05, 0) is 5.31 Å². The van der Waals surface area contributed by atoms with Gasteiger partial charge in [0.15, 0.2) is 0 Å². The maximum absolute atomic E-state index is 5.73. The maximum atomic E-state index is 5.73. The first kappa shape index (κ1) is 11.1. The van der Waals surface area contributed by atoms with Gasteiger partial charge in [-0.2, -0.15) is 0 Å². The molecule has 3 heteroatoms. The van der Waals surface area contributed by atoms with Gasteiger partial charge in [0.05, 0.1) is 0 Å². The minimum atomic E-state index is -0.0227. The highest BCUT2D eigenvalue weighted by Gasteiger charge is 2.41. The third-order valence-corrected chi connectivity index (χ3v) is 2.80. The highest BCUT2D eigenvalue weighted by atomic mass is 16.6. The van der Waals surface area contributed by atoms with Gasteiger partial charge >= 0.3 is 7.12 Å². The first-order chi connectivity index (χ1) is 5.87. The van der Waals surface area contributed by atoms with Crippen molar-refractivity contribution in [3.63, 3.8) is 0 Å². The molecule has 0 aromatic rings. The minimum Gasteiger partial charge on any atom is -0.410 e. The average molecular weight is 184 g/mol. The van der Waals surface area contributed by atoms with E-state index in [2.05, 4.69) is 34.6 Å². The molecule has 1 aliphatic rings. The Morgan fingerprint density at radius 3 is 2.08 bits per heavy atom. The molecule has 1 saturated heterocycles. The van der Waals surface area contributed by atoms with E-state index in [0.717, 1.165) is 19.6 Å². The first-order valence-corrected chi connectivity index (χ1v) is 5.11. The van der Waals surface area contributed by atoms with E-state index in [0.29, 0.717) is 0 Å². The Morgan fingerprint density at radius 1 is 1.23 bits per heavy atom. The molecule has 13 heavy (non-hydrogen) atoms. The van der Waals surface area contributed by atoms with Crippen LogP contribution in [0.3, 0.4) is 0 Å². The number of hydrogen-bond acceptors (Lipinski definition) is 2. The van der Waals surface area contributed by atoms with Gasteiger partial charge in [0, 0.05) is 18.6 Å². The van der Waals surface area contributed by atoms with Gasteiger partial charge in [-0.3, -0.25) is 0 Å². The van der Waals surface area contributed by atoms with Gasteiger partial charge in [-0.1, -0.05) is 41.0 Å². The lowest BCUT2D eigenvalue weighted by molar-refractivity contribution is 0.0183. The lowest BCUT2D eigenvalue weighted by atomic mass is 9.57. The van der Waals surface area contributed by atoms with E-state index in [1.165, 1.54) is 0 Å². The Labute approximate surface area is 82.1 Å². The summed E-state index contributed by atoms with van der Waals surface area (Å²) in [6.45, 7) is 12.5. The van der Waals surface area contributed by atoms with Gasteiger partial charge in [0.25, 0.3) is 0 Å². The highest BCUT2D eigenvalue weighted by Crippen LogP contribution is 2.37. The zero-order chi connectivity index (χ0) is 10.1. The average Bonchev–Trinajstić information content (AvgIpc) is 2.04. The Hall–Kier alpha value is -0.0151. The topological polar surface area (TPSA) is 18.5 Å². The molecule has 1 rings (SSSR count). The van der Waals surface area contributed by atoms with Crippen LogP contribution in [0.5, 0.6) is 0 Å². The lowest BCUT2D eigenvalue weighted by Crippen LogP contribution is -2.45. The third kappa shape index (κ3) is 2.71. The Bertz CT molecular complexity index is 168. The molecular formula is C10H21BO2. The van der Waals surface area contributed by atoms with Crippen molar-refractivity contribution in [3.8, 4) is 0 Å². The van der Waals surface area contributed by atoms with Crippen LogP contribution in [0.4, 0.5) is 0 Å². The largest absolute Gasteiger partial charge is 0.462 e. The van der Waals surface area contributed by atoms with Crippen LogP contribution in [0, 0.1) is 5.41 Å². The molecule has 1 heterocycles. The molecule has 76 valence electrons. The van der Waals surface area contributed by atoms with Crippen molar-refractivity contribution in [2.45, 2.75) is 46.4 Å². The minimum absolute atomic E-state index is 0.0227. The van der Waals surface area contributed by atoms with Crippen LogP contribution in [0.2, 0.25) is 5.31 Å². The van der Waals surface area contributed by atoms with Gasteiger partial charge < -0.3 is 9.31 Å². The zero-order valence-electron chi connectivity index (χ0n) is 9.52. The SMILES string of the molecule is CCC(C)(C)B1OCC(C)(C)CO1. The fraction of sp³-hybridized carbons (Fsp3) is 1.00. The smallest absolute Gasteiger partial charge is 0.410 e. The van der Waals surface area contributed by atoms with E-state index in [1.54, 1.807) is 0 Å². The summed E-state index contributed by atoms with van der Waals surface area (Å²) in [5.41, 5.74) is 0.181. The van der Waals surface area contributed by atoms with Crippen molar-refractivity contribution in [2.24, 2.45) is 5.41 Å². The Balaban J connectivity index is 2.50. The first-order valence-electron chi connectivity index (χ1n) is 5.11. The van der Waals surface area contributed by atoms with Crippen LogP contribution in [-0.4, -0.2) is 20.3 Å². The van der Waals surface area contributed by atoms with E-state index in [4.69, 9.17) is 9.31 Å². The van der Waals surface area contributed by atoms with Crippen molar-refractivity contribution in [2.75, 3.05) is 13.2 Å². The molecule has 0 aliphatic carbocycles. The summed E-state index contributed by atoms with van der Waals surface area (Å²) in [6.07, 6.45) is 1.08. The molecule has 1 fully saturated rings. The van der Waals surface area contributed by atoms with E-state index in [1.807, 2.05) is 0 Å². The van der Waals surface area contributed by atoms with Crippen LogP contribution >= 0.6 is 0 Å². The molecule has 0 aromatic heterocycles. The van der Waals surface area contributed by atoms with Crippen LogP contribution < -0.4 is 0 Å². The van der Waals surface area contributed by atoms with Crippen LogP contribution in [0.15, 0.2) is 0 Å². The second-order valence-electron chi connectivity index (χ2n) is 5.46. The Morgan fingerprint density at radius 2 is 1.69 bits per heavy atom. The summed E-state index contributed by atoms with van der Waals surface area (Å²) in [5.74, 6) is 0. The summed E-state index contributed by atoms with van der Waals surface area (Å²) in [7, 11) is -0.0227. The van der Waals surface area contributed by atoms with E-state index < -0.39 is 0 Å². The van der Waals surface area contributed by atoms with Gasteiger partial charge in [0.1, 0.15) is 0 Å². The molecule has 2 nitrogen and oxygen atoms in total. The van der Waals surface area contributed by atoms with Crippen molar-refractivity contribution < 1.29 is 9.31 Å². The molecule has 0 atom stereocenters. The summed E-state index contributed by atoms with van der Waals surface area (Å²) in [4.78, 5) is 0. The van der Waals surface area contributed by atoms with Gasteiger partial charge in [0.2, 0.25) is 0 Å². The molecule has 0 bridgehead atoms. The standard InChI is InChI=1S/C10H21BO2/c1-6-10(4,5)11-12-7-9(2,3)8-13-11/h6-8H2,1-5H3. The summed E-state index contributed by atoms with van der Waals surface area (Å²) in [5, 5.41) is 0.135. The fourth-order valence-electron chi connectivity index (χ4n) is 1.31. The second-order valence-corrected chi connectivity index (χ2v) is 5.46. The van der Waals surface area contributed by atoms with E-state index in [9.17, 15) is 0 Å². The highest BCUT2D eigenvalue weighted by molar-refractivity contribution is 6.48. The van der Waals surface area contributed by atoms with Crippen molar-refractivity contribution in [1.82, 2.24) is 0 Å². The summed E-state index contributed by atoms with van der Waals surface area (Å²) >= 11 is 0. The molecule has 0 amide bonds. The molecule has 0 spiro atoms. The lowest BCUT2D eigenvalue weighted by Gasteiger charge is -2.38. The number of rotatable bonds is 2.